The van der Waals surface area contributed by atoms with Crippen LogP contribution in [-0.2, 0) is 38.0 Å². The first-order valence-electron chi connectivity index (χ1n) is 25.4. The Morgan fingerprint density at radius 2 is 0.923 bits per heavy atom. The Morgan fingerprint density at radius 3 is 1.46 bits per heavy atom. The van der Waals surface area contributed by atoms with Crippen LogP contribution in [0, 0.1) is 0 Å². The van der Waals surface area contributed by atoms with Crippen molar-refractivity contribution in [1.82, 2.24) is 0 Å². The van der Waals surface area contributed by atoms with Crippen molar-refractivity contribution in [3.05, 3.63) is 24.3 Å². The number of hydrogen-bond donors (Lipinski definition) is 7. The van der Waals surface area contributed by atoms with Gasteiger partial charge in [-0.2, -0.15) is 0 Å². The highest BCUT2D eigenvalue weighted by atomic mass is 16.7. The Hall–Kier alpha value is -2.02. The molecule has 0 bridgehead atoms. The SMILES string of the molecule is CCCCC/C=C/C/C=C/CCCCCCCCCC(=O)O[C@H](COC(=O)CCCCCCCCCCCCCC)CO[C@H]1O[C@@H](CO[C@H]2O[C@@H](CO)[C@@H](O)C(O)C2O)[C@@H](O)C(O)C1O. The van der Waals surface area contributed by atoms with E-state index >= 15 is 0 Å². The molecule has 2 heterocycles. The van der Waals surface area contributed by atoms with E-state index < -0.39 is 92.7 Å². The maximum atomic E-state index is 13.0. The first-order valence-corrected chi connectivity index (χ1v) is 25.4. The van der Waals surface area contributed by atoms with Crippen molar-refractivity contribution in [2.75, 3.05) is 26.4 Å². The van der Waals surface area contributed by atoms with Crippen LogP contribution in [0.15, 0.2) is 24.3 Å². The van der Waals surface area contributed by atoms with Gasteiger partial charge in [0.15, 0.2) is 18.7 Å². The molecule has 15 nitrogen and oxygen atoms in total. The van der Waals surface area contributed by atoms with Gasteiger partial charge in [-0.25, -0.2) is 0 Å². The van der Waals surface area contributed by atoms with Gasteiger partial charge >= 0.3 is 11.9 Å². The summed E-state index contributed by atoms with van der Waals surface area (Å²) in [6, 6.07) is 0. The Balaban J connectivity index is 1.81. The summed E-state index contributed by atoms with van der Waals surface area (Å²) in [7, 11) is 0. The van der Waals surface area contributed by atoms with E-state index in [2.05, 4.69) is 38.2 Å². The van der Waals surface area contributed by atoms with Crippen LogP contribution < -0.4 is 0 Å². The van der Waals surface area contributed by atoms with Gasteiger partial charge in [0.2, 0.25) is 0 Å². The molecule has 2 aliphatic heterocycles. The Morgan fingerprint density at radius 1 is 0.492 bits per heavy atom. The van der Waals surface area contributed by atoms with Gasteiger partial charge in [-0.05, 0) is 44.9 Å². The second-order valence-corrected chi connectivity index (χ2v) is 18.0. The van der Waals surface area contributed by atoms with Crippen LogP contribution in [0.4, 0.5) is 0 Å². The van der Waals surface area contributed by atoms with Gasteiger partial charge in [0.1, 0.15) is 55.4 Å². The van der Waals surface area contributed by atoms with Crippen molar-refractivity contribution in [2.45, 2.75) is 255 Å². The third-order valence-corrected chi connectivity index (χ3v) is 12.2. The standard InChI is InChI=1S/C50H90O15/c1-3-5-7-9-11-13-15-17-18-19-20-21-23-25-27-29-31-33-42(53)63-38(35-60-41(52)32-30-28-26-24-22-16-14-12-10-8-6-4-2)36-61-49-48(59)46(57)44(55)40(65-49)37-62-50-47(58)45(56)43(54)39(34-51)64-50/h11,13,17-18,38-40,43-51,54-59H,3-10,12,14-16,19-37H2,1-2H3/b13-11+,18-17+/t38-,39+,40+,43-,44-,45?,46?,47?,48?,49+,50+/m1/s1. The topological polar surface area (TPSA) is 231 Å². The minimum atomic E-state index is -1.76. The Bertz CT molecular complexity index is 1230. The zero-order valence-corrected chi connectivity index (χ0v) is 40.0. The molecule has 11 atom stereocenters. The first kappa shape index (κ1) is 59.1. The van der Waals surface area contributed by atoms with Crippen LogP contribution in [0.2, 0.25) is 0 Å². The normalized spacial score (nSPS) is 26.5. The maximum Gasteiger partial charge on any atom is 0.306 e. The first-order chi connectivity index (χ1) is 31.5. The van der Waals surface area contributed by atoms with Gasteiger partial charge in [0, 0.05) is 12.8 Å². The zero-order valence-electron chi connectivity index (χ0n) is 40.0. The smallest absolute Gasteiger partial charge is 0.306 e. The fraction of sp³-hybridized carbons (Fsp3) is 0.880. The molecule has 0 saturated carbocycles. The lowest BCUT2D eigenvalue weighted by Gasteiger charge is -2.42. The second-order valence-electron chi connectivity index (χ2n) is 18.0. The fourth-order valence-corrected chi connectivity index (χ4v) is 7.95. The molecule has 2 aliphatic rings. The van der Waals surface area contributed by atoms with E-state index in [1.807, 2.05) is 0 Å². The summed E-state index contributed by atoms with van der Waals surface area (Å²) in [5.74, 6) is -0.929. The minimum absolute atomic E-state index is 0.159. The summed E-state index contributed by atoms with van der Waals surface area (Å²) in [5, 5.41) is 72.0. The number of carbonyl (C=O) groups excluding carboxylic acids is 2. The molecule has 0 aliphatic carbocycles. The van der Waals surface area contributed by atoms with Gasteiger partial charge in [0.25, 0.3) is 0 Å². The molecule has 0 radical (unpaired) electrons. The van der Waals surface area contributed by atoms with Gasteiger partial charge < -0.3 is 64.2 Å². The van der Waals surface area contributed by atoms with Gasteiger partial charge in [0.05, 0.1) is 19.8 Å². The second kappa shape index (κ2) is 37.9. The zero-order chi connectivity index (χ0) is 47.5. The molecule has 2 saturated heterocycles. The molecular formula is C50H90O15. The monoisotopic (exact) mass is 931 g/mol. The summed E-state index contributed by atoms with van der Waals surface area (Å²) in [6.07, 6.45) is 20.6. The van der Waals surface area contributed by atoms with Crippen molar-refractivity contribution < 1.29 is 73.8 Å². The average molecular weight is 931 g/mol. The van der Waals surface area contributed by atoms with Crippen molar-refractivity contribution in [2.24, 2.45) is 0 Å². The minimum Gasteiger partial charge on any atom is -0.462 e. The summed E-state index contributed by atoms with van der Waals surface area (Å²) >= 11 is 0. The van der Waals surface area contributed by atoms with Crippen LogP contribution in [-0.4, -0.2) is 142 Å². The lowest BCUT2D eigenvalue weighted by atomic mass is 9.98. The summed E-state index contributed by atoms with van der Waals surface area (Å²) in [5.41, 5.74) is 0. The molecule has 2 fully saturated rings. The molecule has 0 amide bonds. The van der Waals surface area contributed by atoms with E-state index in [1.54, 1.807) is 0 Å². The largest absolute Gasteiger partial charge is 0.462 e. The number of unbranched alkanes of at least 4 members (excludes halogenated alkanes) is 21. The van der Waals surface area contributed by atoms with Gasteiger partial charge in [-0.1, -0.05) is 154 Å². The molecule has 2 rings (SSSR count). The highest BCUT2D eigenvalue weighted by Gasteiger charge is 2.47. The van der Waals surface area contributed by atoms with E-state index in [4.69, 9.17) is 28.4 Å². The molecule has 0 aromatic rings. The summed E-state index contributed by atoms with van der Waals surface area (Å²) < 4.78 is 33.5. The summed E-state index contributed by atoms with van der Waals surface area (Å²) in [4.78, 5) is 25.7. The van der Waals surface area contributed by atoms with Crippen molar-refractivity contribution in [3.63, 3.8) is 0 Å². The molecule has 0 aromatic heterocycles. The van der Waals surface area contributed by atoms with Crippen LogP contribution in [0.1, 0.15) is 187 Å². The maximum absolute atomic E-state index is 13.0. The molecule has 380 valence electrons. The lowest BCUT2D eigenvalue weighted by molar-refractivity contribution is -0.332. The third-order valence-electron chi connectivity index (χ3n) is 12.2. The van der Waals surface area contributed by atoms with Crippen LogP contribution in [0.3, 0.4) is 0 Å². The predicted molar refractivity (Wildman–Crippen MR) is 247 cm³/mol. The van der Waals surface area contributed by atoms with E-state index in [9.17, 15) is 45.3 Å². The highest BCUT2D eigenvalue weighted by Crippen LogP contribution is 2.26. The molecule has 65 heavy (non-hydrogen) atoms. The quantitative estimate of drug-likeness (QED) is 0.0192. The number of hydrogen-bond acceptors (Lipinski definition) is 15. The van der Waals surface area contributed by atoms with E-state index in [0.717, 1.165) is 64.2 Å². The third kappa shape index (κ3) is 26.4. The number of ether oxygens (including phenoxy) is 6. The number of aliphatic hydroxyl groups is 7. The number of aliphatic hydroxyl groups excluding tert-OH is 7. The highest BCUT2D eigenvalue weighted by molar-refractivity contribution is 5.70. The van der Waals surface area contributed by atoms with E-state index in [-0.39, 0.29) is 26.1 Å². The molecule has 15 heteroatoms. The number of rotatable bonds is 39. The van der Waals surface area contributed by atoms with Crippen molar-refractivity contribution in [3.8, 4) is 0 Å². The number of carbonyl (C=O) groups is 2. The van der Waals surface area contributed by atoms with Gasteiger partial charge in [-0.15, -0.1) is 0 Å². The van der Waals surface area contributed by atoms with Crippen LogP contribution >= 0.6 is 0 Å². The Kier molecular flexibility index (Phi) is 34.5. The number of allylic oxidation sites excluding steroid dienone is 4. The van der Waals surface area contributed by atoms with Gasteiger partial charge in [-0.3, -0.25) is 9.59 Å². The van der Waals surface area contributed by atoms with E-state index in [1.165, 1.54) is 83.5 Å². The molecule has 0 spiro atoms. The number of esters is 2. The van der Waals surface area contributed by atoms with Crippen LogP contribution in [0.5, 0.6) is 0 Å². The molecule has 0 aromatic carbocycles. The molecule has 4 unspecified atom stereocenters. The van der Waals surface area contributed by atoms with E-state index in [0.29, 0.717) is 12.8 Å². The Labute approximate surface area is 390 Å². The average Bonchev–Trinajstić information content (AvgIpc) is 3.30. The van der Waals surface area contributed by atoms with Crippen molar-refractivity contribution in [1.29, 1.82) is 0 Å². The lowest BCUT2D eigenvalue weighted by Crippen LogP contribution is -2.61. The fourth-order valence-electron chi connectivity index (χ4n) is 7.95. The predicted octanol–water partition coefficient (Wildman–Crippen LogP) is 6.77. The molecule has 7 N–H and O–H groups in total. The van der Waals surface area contributed by atoms with Crippen LogP contribution in [0.25, 0.3) is 0 Å². The summed E-state index contributed by atoms with van der Waals surface area (Å²) in [6.45, 7) is 2.56. The molecular weight excluding hydrogens is 841 g/mol. The van der Waals surface area contributed by atoms with Crippen molar-refractivity contribution >= 4 is 11.9 Å².